The Bertz CT molecular complexity index is 511. The predicted octanol–water partition coefficient (Wildman–Crippen LogP) is 3.46. The molecule has 122 valence electrons. The maximum Gasteiger partial charge on any atom is 0.266 e. The van der Waals surface area contributed by atoms with Gasteiger partial charge in [0, 0.05) is 36.4 Å². The zero-order valence-corrected chi connectivity index (χ0v) is 13.4. The lowest BCUT2D eigenvalue weighted by molar-refractivity contribution is 0.0257. The van der Waals surface area contributed by atoms with Crippen LogP contribution in [-0.2, 0) is 0 Å². The largest absolute Gasteiger partial charge is 0.365 e. The van der Waals surface area contributed by atoms with Crippen molar-refractivity contribution in [1.82, 2.24) is 5.32 Å². The number of rotatable bonds is 4. The van der Waals surface area contributed by atoms with Crippen LogP contribution in [0.1, 0.15) is 33.1 Å². The molecule has 0 spiro atoms. The van der Waals surface area contributed by atoms with Gasteiger partial charge in [-0.25, -0.2) is 8.78 Å². The quantitative estimate of drug-likeness (QED) is 0.919. The van der Waals surface area contributed by atoms with Crippen molar-refractivity contribution in [2.24, 2.45) is 0 Å². The van der Waals surface area contributed by atoms with Gasteiger partial charge in [0.15, 0.2) is 0 Å². The number of nitrogens with zero attached hydrogens (tertiary/aromatic N) is 2. The minimum Gasteiger partial charge on any atom is -0.365 e. The van der Waals surface area contributed by atoms with Gasteiger partial charge in [0.1, 0.15) is 0 Å². The van der Waals surface area contributed by atoms with E-state index in [1.54, 1.807) is 4.90 Å². The van der Waals surface area contributed by atoms with Crippen molar-refractivity contribution in [1.29, 1.82) is 0 Å². The van der Waals surface area contributed by atoms with Crippen molar-refractivity contribution in [3.05, 3.63) is 24.3 Å². The second-order valence-corrected chi connectivity index (χ2v) is 6.56. The van der Waals surface area contributed by atoms with Crippen LogP contribution in [0.25, 0.3) is 0 Å². The average molecular weight is 309 g/mol. The van der Waals surface area contributed by atoms with Crippen molar-refractivity contribution in [3.63, 3.8) is 0 Å². The van der Waals surface area contributed by atoms with Crippen LogP contribution in [0, 0.1) is 0 Å². The highest BCUT2D eigenvalue weighted by Gasteiger charge is 2.38. The summed E-state index contributed by atoms with van der Waals surface area (Å²) in [5.74, 6) is -2.54. The molecule has 2 fully saturated rings. The minimum absolute atomic E-state index is 0.0414. The molecule has 3 rings (SSSR count). The standard InChI is InChI=1S/C17H25F2N3/c1-3-16(4-2)11-22(13-20-16)15-7-5-14(6-8-15)21-10-9-17(18,19)12-21/h5-8,20H,3-4,9-13H2,1-2H3. The molecule has 3 nitrogen and oxygen atoms in total. The molecule has 0 unspecified atom stereocenters. The Hall–Kier alpha value is -1.36. The Morgan fingerprint density at radius 1 is 1.00 bits per heavy atom. The fraction of sp³-hybridized carbons (Fsp3) is 0.647. The molecule has 2 aliphatic heterocycles. The number of benzene rings is 1. The molecule has 0 radical (unpaired) electrons. The smallest absolute Gasteiger partial charge is 0.266 e. The number of anilines is 2. The van der Waals surface area contributed by atoms with E-state index in [9.17, 15) is 8.78 Å². The van der Waals surface area contributed by atoms with E-state index in [4.69, 9.17) is 0 Å². The van der Waals surface area contributed by atoms with Gasteiger partial charge in [0.05, 0.1) is 13.2 Å². The number of hydrogen-bond donors (Lipinski definition) is 1. The Morgan fingerprint density at radius 2 is 1.59 bits per heavy atom. The normalized spacial score (nSPS) is 23.3. The molecule has 1 N–H and O–H groups in total. The fourth-order valence-corrected chi connectivity index (χ4v) is 3.48. The maximum atomic E-state index is 13.3. The molecule has 2 heterocycles. The first-order valence-electron chi connectivity index (χ1n) is 8.20. The van der Waals surface area contributed by atoms with Gasteiger partial charge in [-0.3, -0.25) is 5.32 Å². The molecule has 1 aromatic carbocycles. The van der Waals surface area contributed by atoms with Crippen LogP contribution in [-0.4, -0.2) is 37.8 Å². The molecule has 0 aliphatic carbocycles. The highest BCUT2D eigenvalue weighted by molar-refractivity contribution is 5.57. The van der Waals surface area contributed by atoms with Crippen LogP contribution in [0.2, 0.25) is 0 Å². The predicted molar refractivity (Wildman–Crippen MR) is 86.9 cm³/mol. The molecule has 0 aromatic heterocycles. The molecule has 2 saturated heterocycles. The van der Waals surface area contributed by atoms with Crippen molar-refractivity contribution in [2.45, 2.75) is 44.6 Å². The molecule has 0 bridgehead atoms. The van der Waals surface area contributed by atoms with Crippen LogP contribution in [0.4, 0.5) is 20.2 Å². The SMILES string of the molecule is CCC1(CC)CN(c2ccc(N3CCC(F)(F)C3)cc2)CN1. The van der Waals surface area contributed by atoms with Crippen LogP contribution < -0.4 is 15.1 Å². The molecule has 0 saturated carbocycles. The van der Waals surface area contributed by atoms with Gasteiger partial charge in [-0.15, -0.1) is 0 Å². The van der Waals surface area contributed by atoms with Gasteiger partial charge >= 0.3 is 0 Å². The monoisotopic (exact) mass is 309 g/mol. The summed E-state index contributed by atoms with van der Waals surface area (Å²) in [7, 11) is 0. The van der Waals surface area contributed by atoms with Gasteiger partial charge < -0.3 is 9.80 Å². The van der Waals surface area contributed by atoms with E-state index in [-0.39, 0.29) is 18.5 Å². The number of hydrogen-bond acceptors (Lipinski definition) is 3. The summed E-state index contributed by atoms with van der Waals surface area (Å²) in [5.41, 5.74) is 2.26. The van der Waals surface area contributed by atoms with Crippen LogP contribution >= 0.6 is 0 Å². The molecule has 5 heteroatoms. The molecule has 0 atom stereocenters. The van der Waals surface area contributed by atoms with Crippen molar-refractivity contribution >= 4 is 11.4 Å². The second kappa shape index (κ2) is 5.69. The summed E-state index contributed by atoms with van der Waals surface area (Å²) >= 11 is 0. The van der Waals surface area contributed by atoms with Crippen LogP contribution in [0.5, 0.6) is 0 Å². The van der Waals surface area contributed by atoms with E-state index in [0.29, 0.717) is 6.54 Å². The highest BCUT2D eigenvalue weighted by atomic mass is 19.3. The molecular weight excluding hydrogens is 284 g/mol. The highest BCUT2D eigenvalue weighted by Crippen LogP contribution is 2.32. The zero-order chi connectivity index (χ0) is 15.8. The average Bonchev–Trinajstić information content (AvgIpc) is 3.11. The van der Waals surface area contributed by atoms with Crippen molar-refractivity contribution in [3.8, 4) is 0 Å². The fourth-order valence-electron chi connectivity index (χ4n) is 3.48. The first kappa shape index (κ1) is 15.5. The summed E-state index contributed by atoms with van der Waals surface area (Å²) in [6.45, 7) is 6.57. The summed E-state index contributed by atoms with van der Waals surface area (Å²) in [5, 5.41) is 3.61. The van der Waals surface area contributed by atoms with Crippen molar-refractivity contribution in [2.75, 3.05) is 36.1 Å². The Kier molecular flexibility index (Phi) is 4.02. The number of halogens is 2. The zero-order valence-electron chi connectivity index (χ0n) is 13.4. The van der Waals surface area contributed by atoms with Crippen LogP contribution in [0.3, 0.4) is 0 Å². The summed E-state index contributed by atoms with van der Waals surface area (Å²) in [6.07, 6.45) is 2.18. The Balaban J connectivity index is 1.68. The first-order valence-corrected chi connectivity index (χ1v) is 8.20. The summed E-state index contributed by atoms with van der Waals surface area (Å²) in [6, 6.07) is 8.03. The van der Waals surface area contributed by atoms with E-state index in [1.807, 2.05) is 12.1 Å². The number of nitrogens with one attached hydrogen (secondary N) is 1. The summed E-state index contributed by atoms with van der Waals surface area (Å²) in [4.78, 5) is 4.10. The first-order chi connectivity index (χ1) is 10.5. The Labute approximate surface area is 131 Å². The molecule has 0 amide bonds. The lowest BCUT2D eigenvalue weighted by Crippen LogP contribution is -2.41. The third-order valence-electron chi connectivity index (χ3n) is 5.24. The third kappa shape index (κ3) is 2.91. The van der Waals surface area contributed by atoms with Gasteiger partial charge in [0.25, 0.3) is 5.92 Å². The molecule has 2 aliphatic rings. The maximum absolute atomic E-state index is 13.3. The van der Waals surface area contributed by atoms with Gasteiger partial charge in [-0.2, -0.15) is 0 Å². The number of alkyl halides is 2. The third-order valence-corrected chi connectivity index (χ3v) is 5.24. The molecule has 22 heavy (non-hydrogen) atoms. The minimum atomic E-state index is -2.54. The lowest BCUT2D eigenvalue weighted by atomic mass is 9.94. The molecule has 1 aromatic rings. The topological polar surface area (TPSA) is 18.5 Å². The van der Waals surface area contributed by atoms with Gasteiger partial charge in [-0.05, 0) is 37.1 Å². The van der Waals surface area contributed by atoms with E-state index in [2.05, 4.69) is 36.2 Å². The van der Waals surface area contributed by atoms with E-state index in [1.165, 1.54) is 0 Å². The Morgan fingerprint density at radius 3 is 2.05 bits per heavy atom. The molecular formula is C17H25F2N3. The van der Waals surface area contributed by atoms with Crippen molar-refractivity contribution < 1.29 is 8.78 Å². The second-order valence-electron chi connectivity index (χ2n) is 6.56. The van der Waals surface area contributed by atoms with Crippen LogP contribution in [0.15, 0.2) is 24.3 Å². The summed E-state index contributed by atoms with van der Waals surface area (Å²) < 4.78 is 26.6. The van der Waals surface area contributed by atoms with Gasteiger partial charge in [0.2, 0.25) is 0 Å². The van der Waals surface area contributed by atoms with E-state index in [0.717, 1.165) is 37.4 Å². The van der Waals surface area contributed by atoms with Gasteiger partial charge in [-0.1, -0.05) is 13.8 Å². The lowest BCUT2D eigenvalue weighted by Gasteiger charge is -2.27. The van der Waals surface area contributed by atoms with E-state index < -0.39 is 5.92 Å². The van der Waals surface area contributed by atoms with E-state index >= 15 is 0 Å².